The van der Waals surface area contributed by atoms with E-state index in [1.54, 1.807) is 0 Å². The number of hydrogen-bond donors (Lipinski definition) is 0. The number of hydrogen-bond acceptors (Lipinski definition) is 6. The highest BCUT2D eigenvalue weighted by Gasteiger charge is 2.37. The Bertz CT molecular complexity index is 894. The molecule has 0 unspecified atom stereocenters. The molecule has 9 nitrogen and oxygen atoms in total. The van der Waals surface area contributed by atoms with Gasteiger partial charge in [0.25, 0.3) is 5.91 Å². The standard InChI is InChI=1S/C17H21N3O6S/c1-5-8-19-16(22)10-20(17(19)23)14-7-6-13(27(24,25)18(3)4)9-15(14)26-11-12(2)21/h5-7,9H,1,8,10-11H2,2-4H3. The third kappa shape index (κ3) is 4.17. The second-order valence-electron chi connectivity index (χ2n) is 6.07. The van der Waals surface area contributed by atoms with E-state index in [1.807, 2.05) is 0 Å². The minimum absolute atomic E-state index is 0.0229. The van der Waals surface area contributed by atoms with E-state index >= 15 is 0 Å². The van der Waals surface area contributed by atoms with Gasteiger partial charge in [-0.2, -0.15) is 0 Å². The van der Waals surface area contributed by atoms with Gasteiger partial charge in [0.15, 0.2) is 5.78 Å². The number of urea groups is 1. The van der Waals surface area contributed by atoms with Gasteiger partial charge in [0.05, 0.1) is 10.6 Å². The monoisotopic (exact) mass is 395 g/mol. The van der Waals surface area contributed by atoms with Gasteiger partial charge in [-0.25, -0.2) is 17.5 Å². The van der Waals surface area contributed by atoms with Crippen LogP contribution in [0, 0.1) is 0 Å². The van der Waals surface area contributed by atoms with E-state index in [9.17, 15) is 22.8 Å². The molecule has 1 heterocycles. The number of Topliss-reactive ketones (excluding diaryl/α,β-unsaturated/α-hetero) is 1. The summed E-state index contributed by atoms with van der Waals surface area (Å²) in [6, 6.07) is 3.37. The molecule has 0 atom stereocenters. The number of carbonyl (C=O) groups is 3. The van der Waals surface area contributed by atoms with Crippen molar-refractivity contribution in [2.24, 2.45) is 0 Å². The molecule has 1 aromatic carbocycles. The molecule has 1 aliphatic heterocycles. The minimum Gasteiger partial charge on any atom is -0.484 e. The fourth-order valence-corrected chi connectivity index (χ4v) is 3.34. The summed E-state index contributed by atoms with van der Waals surface area (Å²) in [7, 11) is -0.979. The van der Waals surface area contributed by atoms with Gasteiger partial charge in [-0.15, -0.1) is 6.58 Å². The average molecular weight is 395 g/mol. The smallest absolute Gasteiger partial charge is 0.332 e. The van der Waals surface area contributed by atoms with Crippen molar-refractivity contribution in [3.63, 3.8) is 0 Å². The Morgan fingerprint density at radius 2 is 2.00 bits per heavy atom. The maximum absolute atomic E-state index is 12.5. The zero-order chi connectivity index (χ0) is 20.4. The Labute approximate surface area is 157 Å². The molecule has 0 aromatic heterocycles. The van der Waals surface area contributed by atoms with E-state index in [0.717, 1.165) is 9.21 Å². The van der Waals surface area contributed by atoms with Gasteiger partial charge in [-0.3, -0.25) is 19.4 Å². The number of imide groups is 1. The van der Waals surface area contributed by atoms with E-state index in [4.69, 9.17) is 4.74 Å². The van der Waals surface area contributed by atoms with Crippen molar-refractivity contribution in [3.05, 3.63) is 30.9 Å². The number of benzene rings is 1. The molecule has 0 saturated carbocycles. The predicted molar refractivity (Wildman–Crippen MR) is 98.1 cm³/mol. The van der Waals surface area contributed by atoms with Crippen molar-refractivity contribution >= 4 is 33.4 Å². The first-order valence-corrected chi connectivity index (χ1v) is 9.45. The Morgan fingerprint density at radius 3 is 2.56 bits per heavy atom. The molecular weight excluding hydrogens is 374 g/mol. The molecule has 1 fully saturated rings. The molecule has 0 N–H and O–H groups in total. The van der Waals surface area contributed by atoms with Crippen LogP contribution in [-0.2, 0) is 19.6 Å². The zero-order valence-electron chi connectivity index (χ0n) is 15.3. The van der Waals surface area contributed by atoms with Crippen LogP contribution in [0.1, 0.15) is 6.92 Å². The van der Waals surface area contributed by atoms with E-state index in [1.165, 1.54) is 50.2 Å². The lowest BCUT2D eigenvalue weighted by Crippen LogP contribution is -2.33. The minimum atomic E-state index is -3.75. The molecule has 3 amide bonds. The maximum atomic E-state index is 12.5. The maximum Gasteiger partial charge on any atom is 0.332 e. The first kappa shape index (κ1) is 20.6. The van der Waals surface area contributed by atoms with Crippen molar-refractivity contribution in [2.45, 2.75) is 11.8 Å². The molecule has 10 heteroatoms. The molecule has 27 heavy (non-hydrogen) atoms. The summed E-state index contributed by atoms with van der Waals surface area (Å²) in [5.74, 6) is -0.670. The number of nitrogens with zero attached hydrogens (tertiary/aromatic N) is 3. The number of sulfonamides is 1. The topological polar surface area (TPSA) is 104 Å². The molecule has 2 rings (SSSR count). The highest BCUT2D eigenvalue weighted by atomic mass is 32.2. The summed E-state index contributed by atoms with van der Waals surface area (Å²) in [5, 5.41) is 0. The highest BCUT2D eigenvalue weighted by Crippen LogP contribution is 2.34. The van der Waals surface area contributed by atoms with Crippen LogP contribution < -0.4 is 9.64 Å². The fourth-order valence-electron chi connectivity index (χ4n) is 2.42. The quantitative estimate of drug-likeness (QED) is 0.478. The van der Waals surface area contributed by atoms with Gasteiger partial charge in [0, 0.05) is 26.7 Å². The van der Waals surface area contributed by atoms with Gasteiger partial charge < -0.3 is 4.74 Å². The molecule has 0 radical (unpaired) electrons. The molecule has 0 spiro atoms. The Kier molecular flexibility index (Phi) is 6.01. The van der Waals surface area contributed by atoms with Gasteiger partial charge >= 0.3 is 6.03 Å². The molecule has 0 aliphatic carbocycles. The Hall–Kier alpha value is -2.72. The van der Waals surface area contributed by atoms with Crippen LogP contribution in [0.15, 0.2) is 35.7 Å². The van der Waals surface area contributed by atoms with Gasteiger partial charge in [-0.1, -0.05) is 6.08 Å². The van der Waals surface area contributed by atoms with E-state index < -0.39 is 22.0 Å². The Balaban J connectivity index is 2.49. The summed E-state index contributed by atoms with van der Waals surface area (Å²) in [5.41, 5.74) is 0.207. The number of anilines is 1. The van der Waals surface area contributed by atoms with Crippen LogP contribution >= 0.6 is 0 Å². The average Bonchev–Trinajstić information content (AvgIpc) is 2.88. The van der Waals surface area contributed by atoms with E-state index in [0.29, 0.717) is 0 Å². The molecular formula is C17H21N3O6S. The van der Waals surface area contributed by atoms with Crippen LogP contribution in [0.4, 0.5) is 10.5 Å². The molecule has 1 aliphatic rings. The van der Waals surface area contributed by atoms with Gasteiger partial charge in [0.2, 0.25) is 10.0 Å². The first-order chi connectivity index (χ1) is 12.6. The number of carbonyl (C=O) groups excluding carboxylic acids is 3. The Morgan fingerprint density at radius 1 is 1.33 bits per heavy atom. The van der Waals surface area contributed by atoms with Gasteiger partial charge in [0.1, 0.15) is 18.9 Å². The lowest BCUT2D eigenvalue weighted by atomic mass is 10.2. The number of ketones is 1. The van der Waals surface area contributed by atoms with E-state index in [-0.39, 0.29) is 41.8 Å². The summed E-state index contributed by atoms with van der Waals surface area (Å²) in [4.78, 5) is 38.0. The second kappa shape index (κ2) is 7.89. The molecule has 1 saturated heterocycles. The van der Waals surface area contributed by atoms with Crippen molar-refractivity contribution in [2.75, 3.05) is 38.7 Å². The van der Waals surface area contributed by atoms with Crippen molar-refractivity contribution in [1.82, 2.24) is 9.21 Å². The SMILES string of the molecule is C=CCN1C(=O)CN(c2ccc(S(=O)(=O)N(C)C)cc2OCC(C)=O)C1=O. The largest absolute Gasteiger partial charge is 0.484 e. The van der Waals surface area contributed by atoms with Crippen molar-refractivity contribution < 1.29 is 27.5 Å². The normalized spacial score (nSPS) is 14.8. The summed E-state index contributed by atoms with van der Waals surface area (Å²) in [6.07, 6.45) is 1.43. The van der Waals surface area contributed by atoms with Crippen molar-refractivity contribution in [1.29, 1.82) is 0 Å². The van der Waals surface area contributed by atoms with Crippen LogP contribution in [0.25, 0.3) is 0 Å². The highest BCUT2D eigenvalue weighted by molar-refractivity contribution is 7.89. The molecule has 146 valence electrons. The molecule has 1 aromatic rings. The van der Waals surface area contributed by atoms with Crippen LogP contribution in [0.5, 0.6) is 5.75 Å². The van der Waals surface area contributed by atoms with Crippen LogP contribution in [-0.4, -0.2) is 69.1 Å². The third-order valence-corrected chi connectivity index (χ3v) is 5.61. The van der Waals surface area contributed by atoms with Gasteiger partial charge in [-0.05, 0) is 19.1 Å². The zero-order valence-corrected chi connectivity index (χ0v) is 16.2. The lowest BCUT2D eigenvalue weighted by Gasteiger charge is -2.21. The van der Waals surface area contributed by atoms with Crippen molar-refractivity contribution in [3.8, 4) is 5.75 Å². The summed E-state index contributed by atoms with van der Waals surface area (Å²) in [6.45, 7) is 4.37. The summed E-state index contributed by atoms with van der Waals surface area (Å²) < 4.78 is 31.2. The number of ether oxygens (including phenoxy) is 1. The predicted octanol–water partition coefficient (Wildman–Crippen LogP) is 0.859. The van der Waals surface area contributed by atoms with Crippen LogP contribution in [0.3, 0.4) is 0 Å². The lowest BCUT2D eigenvalue weighted by molar-refractivity contribution is -0.124. The second-order valence-corrected chi connectivity index (χ2v) is 8.22. The number of amides is 3. The van der Waals surface area contributed by atoms with E-state index in [2.05, 4.69) is 6.58 Å². The number of rotatable bonds is 8. The summed E-state index contributed by atoms with van der Waals surface area (Å²) >= 11 is 0. The third-order valence-electron chi connectivity index (χ3n) is 3.80. The fraction of sp³-hybridized carbons (Fsp3) is 0.353. The first-order valence-electron chi connectivity index (χ1n) is 8.01. The van der Waals surface area contributed by atoms with Crippen LogP contribution in [0.2, 0.25) is 0 Å². The molecule has 0 bridgehead atoms.